The number of alkyl halides is 3. The van der Waals surface area contributed by atoms with E-state index in [2.05, 4.69) is 15.4 Å². The molecular formula is C24H20F3N5O3. The maximum atomic E-state index is 13.3. The van der Waals surface area contributed by atoms with Crippen molar-refractivity contribution in [3.05, 3.63) is 71.4 Å². The molecule has 0 aliphatic carbocycles. The van der Waals surface area contributed by atoms with Crippen molar-refractivity contribution in [1.29, 1.82) is 0 Å². The summed E-state index contributed by atoms with van der Waals surface area (Å²) < 4.78 is 46.8. The van der Waals surface area contributed by atoms with E-state index in [1.807, 2.05) is 18.2 Å². The molecule has 3 heterocycles. The summed E-state index contributed by atoms with van der Waals surface area (Å²) in [5.74, 6) is 0.556. The van der Waals surface area contributed by atoms with Crippen LogP contribution in [0.4, 0.5) is 29.6 Å². The minimum absolute atomic E-state index is 0.253. The summed E-state index contributed by atoms with van der Waals surface area (Å²) in [6.07, 6.45) is -3.19. The summed E-state index contributed by atoms with van der Waals surface area (Å²) >= 11 is 0. The van der Waals surface area contributed by atoms with Crippen LogP contribution < -0.4 is 10.1 Å². The van der Waals surface area contributed by atoms with E-state index in [4.69, 9.17) is 4.74 Å². The lowest BCUT2D eigenvalue weighted by Gasteiger charge is -2.26. The average Bonchev–Trinajstić information content (AvgIpc) is 3.25. The zero-order valence-corrected chi connectivity index (χ0v) is 18.5. The molecule has 0 bridgehead atoms. The van der Waals surface area contributed by atoms with Crippen molar-refractivity contribution >= 4 is 23.4 Å². The zero-order valence-electron chi connectivity index (χ0n) is 18.5. The maximum absolute atomic E-state index is 13.3. The molecule has 1 aliphatic rings. The number of halogens is 3. The van der Waals surface area contributed by atoms with Crippen molar-refractivity contribution in [1.82, 2.24) is 19.5 Å². The van der Waals surface area contributed by atoms with Crippen molar-refractivity contribution in [3.63, 3.8) is 0 Å². The molecule has 0 fully saturated rings. The van der Waals surface area contributed by atoms with Crippen LogP contribution in [0.3, 0.4) is 0 Å². The van der Waals surface area contributed by atoms with Crippen LogP contribution in [-0.2, 0) is 19.1 Å². The summed E-state index contributed by atoms with van der Waals surface area (Å²) in [5, 5.41) is 16.8. The lowest BCUT2D eigenvalue weighted by atomic mass is 9.99. The number of benzene rings is 2. The molecule has 180 valence electrons. The fourth-order valence-corrected chi connectivity index (χ4v) is 4.19. The van der Waals surface area contributed by atoms with E-state index < -0.39 is 17.8 Å². The van der Waals surface area contributed by atoms with Crippen LogP contribution in [0.1, 0.15) is 16.7 Å². The molecule has 0 saturated heterocycles. The highest BCUT2D eigenvalue weighted by molar-refractivity contribution is 5.82. The number of ether oxygens (including phenoxy) is 1. The van der Waals surface area contributed by atoms with Gasteiger partial charge in [-0.3, -0.25) is 0 Å². The van der Waals surface area contributed by atoms with Crippen LogP contribution in [0.2, 0.25) is 0 Å². The molecule has 2 N–H and O–H groups in total. The van der Waals surface area contributed by atoms with Crippen molar-refractivity contribution < 1.29 is 27.8 Å². The summed E-state index contributed by atoms with van der Waals surface area (Å²) in [4.78, 5) is 17.1. The average molecular weight is 483 g/mol. The second-order valence-electron chi connectivity index (χ2n) is 8.10. The van der Waals surface area contributed by atoms with E-state index >= 15 is 0 Å². The van der Waals surface area contributed by atoms with Crippen molar-refractivity contribution in [2.75, 3.05) is 19.0 Å². The van der Waals surface area contributed by atoms with Crippen molar-refractivity contribution in [2.24, 2.45) is 0 Å². The highest BCUT2D eigenvalue weighted by atomic mass is 19.4. The van der Waals surface area contributed by atoms with E-state index in [1.54, 1.807) is 18.3 Å². The Morgan fingerprint density at radius 2 is 1.94 bits per heavy atom. The Hall–Kier alpha value is -4.28. The summed E-state index contributed by atoms with van der Waals surface area (Å²) in [7, 11) is 1.40. The Morgan fingerprint density at radius 1 is 1.11 bits per heavy atom. The van der Waals surface area contributed by atoms with Gasteiger partial charge in [0.1, 0.15) is 5.75 Å². The van der Waals surface area contributed by atoms with Crippen LogP contribution in [0.5, 0.6) is 5.75 Å². The molecule has 35 heavy (non-hydrogen) atoms. The predicted octanol–water partition coefficient (Wildman–Crippen LogP) is 5.20. The Morgan fingerprint density at radius 3 is 2.69 bits per heavy atom. The van der Waals surface area contributed by atoms with Gasteiger partial charge in [0, 0.05) is 36.1 Å². The third-order valence-electron chi connectivity index (χ3n) is 5.92. The molecule has 5 rings (SSSR count). The van der Waals surface area contributed by atoms with Crippen LogP contribution in [0.25, 0.3) is 16.8 Å². The number of nitrogens with one attached hydrogen (secondary N) is 1. The molecule has 1 aliphatic heterocycles. The van der Waals surface area contributed by atoms with E-state index in [1.165, 1.54) is 22.6 Å². The number of rotatable bonds is 4. The Balaban J connectivity index is 1.48. The van der Waals surface area contributed by atoms with Gasteiger partial charge in [-0.2, -0.15) is 18.2 Å². The van der Waals surface area contributed by atoms with Crippen LogP contribution in [0.15, 0.2) is 54.7 Å². The first-order valence-corrected chi connectivity index (χ1v) is 10.7. The van der Waals surface area contributed by atoms with Gasteiger partial charge in [0.25, 0.3) is 0 Å². The molecule has 4 aromatic rings. The number of nitrogens with zero attached hydrogens (tertiary/aromatic N) is 4. The largest absolute Gasteiger partial charge is 0.496 e. The highest BCUT2D eigenvalue weighted by Gasteiger charge is 2.31. The van der Waals surface area contributed by atoms with Gasteiger partial charge in [0.15, 0.2) is 5.65 Å². The fourth-order valence-electron chi connectivity index (χ4n) is 4.19. The maximum Gasteiger partial charge on any atom is 0.416 e. The first kappa shape index (κ1) is 22.5. The van der Waals surface area contributed by atoms with Crippen LogP contribution in [0, 0.1) is 0 Å². The van der Waals surface area contributed by atoms with Gasteiger partial charge < -0.3 is 20.1 Å². The SMILES string of the molecule is COc1ccc(C(F)(F)F)cc1-c1cccn2nc(Nc3ccc4c(c3)CCN(C(=O)O)C4)nc12. The van der Waals surface area contributed by atoms with E-state index in [0.29, 0.717) is 30.7 Å². The predicted molar refractivity (Wildman–Crippen MR) is 122 cm³/mol. The van der Waals surface area contributed by atoms with Gasteiger partial charge in [0.2, 0.25) is 5.95 Å². The lowest BCUT2D eigenvalue weighted by molar-refractivity contribution is -0.137. The Kier molecular flexibility index (Phi) is 5.46. The quantitative estimate of drug-likeness (QED) is 0.414. The number of aromatic nitrogens is 3. The van der Waals surface area contributed by atoms with Gasteiger partial charge in [-0.15, -0.1) is 5.10 Å². The van der Waals surface area contributed by atoms with E-state index in [0.717, 1.165) is 28.9 Å². The third-order valence-corrected chi connectivity index (χ3v) is 5.92. The number of carbonyl (C=O) groups is 1. The van der Waals surface area contributed by atoms with Gasteiger partial charge in [-0.25, -0.2) is 9.31 Å². The minimum atomic E-state index is -4.50. The second-order valence-corrected chi connectivity index (χ2v) is 8.10. The summed E-state index contributed by atoms with van der Waals surface area (Å²) in [5.41, 5.74) is 2.96. The lowest BCUT2D eigenvalue weighted by Crippen LogP contribution is -2.34. The number of anilines is 2. The molecule has 2 aromatic carbocycles. The molecule has 1 amide bonds. The molecule has 0 atom stereocenters. The third kappa shape index (κ3) is 4.32. The standard InChI is InChI=1S/C24H20F3N5O3/c1-35-20-7-5-16(24(25,26)27)12-19(20)18-3-2-9-32-21(18)29-22(30-32)28-17-6-4-15-13-31(23(33)34)10-8-14(15)11-17/h2-7,9,11-12H,8,10,13H2,1H3,(H,28,30)(H,33,34). The second kappa shape index (κ2) is 8.49. The first-order valence-electron chi connectivity index (χ1n) is 10.7. The molecular weight excluding hydrogens is 463 g/mol. The number of hydrogen-bond donors (Lipinski definition) is 2. The number of fused-ring (bicyclic) bond motifs is 2. The van der Waals surface area contributed by atoms with Gasteiger partial charge in [-0.05, 0) is 60.0 Å². The molecule has 0 spiro atoms. The van der Waals surface area contributed by atoms with E-state index in [9.17, 15) is 23.1 Å². The molecule has 2 aromatic heterocycles. The summed E-state index contributed by atoms with van der Waals surface area (Å²) in [6.45, 7) is 0.750. The fraction of sp³-hybridized carbons (Fsp3) is 0.208. The van der Waals surface area contributed by atoms with Gasteiger partial charge >= 0.3 is 12.3 Å². The Labute approximate surface area is 197 Å². The minimum Gasteiger partial charge on any atom is -0.496 e. The highest BCUT2D eigenvalue weighted by Crippen LogP contribution is 2.38. The molecule has 8 nitrogen and oxygen atoms in total. The monoisotopic (exact) mass is 483 g/mol. The van der Waals surface area contributed by atoms with Crippen molar-refractivity contribution in [2.45, 2.75) is 19.1 Å². The van der Waals surface area contributed by atoms with E-state index in [-0.39, 0.29) is 17.3 Å². The number of methoxy groups -OCH3 is 1. The molecule has 0 unspecified atom stereocenters. The number of carboxylic acid groups (broad SMARTS) is 1. The van der Waals surface area contributed by atoms with Crippen LogP contribution >= 0.6 is 0 Å². The molecule has 0 saturated carbocycles. The van der Waals surface area contributed by atoms with Gasteiger partial charge in [0.05, 0.1) is 12.7 Å². The number of pyridine rings is 1. The topological polar surface area (TPSA) is 92.0 Å². The van der Waals surface area contributed by atoms with Gasteiger partial charge in [-0.1, -0.05) is 6.07 Å². The van der Waals surface area contributed by atoms with Crippen molar-refractivity contribution in [3.8, 4) is 16.9 Å². The normalized spacial score (nSPS) is 13.5. The number of hydrogen-bond acceptors (Lipinski definition) is 5. The van der Waals surface area contributed by atoms with Crippen LogP contribution in [-0.4, -0.2) is 44.4 Å². The molecule has 11 heteroatoms. The smallest absolute Gasteiger partial charge is 0.416 e. The Bertz CT molecular complexity index is 1430. The first-order chi connectivity index (χ1) is 16.7. The molecule has 0 radical (unpaired) electrons. The zero-order chi connectivity index (χ0) is 24.7. The number of amides is 1. The summed E-state index contributed by atoms with van der Waals surface area (Å²) in [6, 6.07) is 12.2.